The van der Waals surface area contributed by atoms with Gasteiger partial charge in [-0.1, -0.05) is 13.8 Å². The van der Waals surface area contributed by atoms with Gasteiger partial charge >= 0.3 is 0 Å². The number of nitrogens with one attached hydrogen (secondary N) is 1. The van der Waals surface area contributed by atoms with Crippen molar-refractivity contribution in [3.8, 4) is 0 Å². The summed E-state index contributed by atoms with van der Waals surface area (Å²) in [7, 11) is 1.85. The maximum atomic E-state index is 13.3. The van der Waals surface area contributed by atoms with Crippen LogP contribution in [-0.2, 0) is 13.6 Å². The molecule has 5 nitrogen and oxygen atoms in total. The van der Waals surface area contributed by atoms with Gasteiger partial charge in [-0.3, -0.25) is 0 Å². The van der Waals surface area contributed by atoms with Crippen LogP contribution in [0.25, 0.3) is 11.0 Å². The van der Waals surface area contributed by atoms with Gasteiger partial charge in [0, 0.05) is 13.0 Å². The summed E-state index contributed by atoms with van der Waals surface area (Å²) >= 11 is 0. The highest BCUT2D eigenvalue weighted by Crippen LogP contribution is 2.22. The summed E-state index contributed by atoms with van der Waals surface area (Å²) < 4.78 is 20.5. The van der Waals surface area contributed by atoms with Crippen molar-refractivity contribution in [3.05, 3.63) is 41.9 Å². The lowest BCUT2D eigenvalue weighted by Gasteiger charge is -2.07. The Morgan fingerprint density at radius 3 is 2.95 bits per heavy atom. The Morgan fingerprint density at radius 1 is 1.38 bits per heavy atom. The van der Waals surface area contributed by atoms with Gasteiger partial charge in [-0.05, 0) is 18.2 Å². The second-order valence-corrected chi connectivity index (χ2v) is 5.30. The standard InChI is InChI=1S/C15H17FN4O/c1-9(2)14-12(18-8-21-14)7-17-15-19-11-5-4-10(16)6-13(11)20(15)3/h4-6,8-9H,7H2,1-3H3,(H,17,19). The van der Waals surface area contributed by atoms with Crippen LogP contribution in [0.3, 0.4) is 0 Å². The van der Waals surface area contributed by atoms with Crippen molar-refractivity contribution >= 4 is 17.0 Å². The van der Waals surface area contributed by atoms with Gasteiger partial charge in [0.25, 0.3) is 0 Å². The molecule has 0 aliphatic heterocycles. The number of rotatable bonds is 4. The molecule has 2 aromatic heterocycles. The zero-order valence-electron chi connectivity index (χ0n) is 12.2. The van der Waals surface area contributed by atoms with Crippen LogP contribution in [-0.4, -0.2) is 14.5 Å². The molecular formula is C15H17FN4O. The fourth-order valence-corrected chi connectivity index (χ4v) is 2.36. The number of halogens is 1. The number of benzene rings is 1. The molecular weight excluding hydrogens is 271 g/mol. The average Bonchev–Trinajstić information content (AvgIpc) is 3.02. The van der Waals surface area contributed by atoms with Crippen molar-refractivity contribution in [1.82, 2.24) is 14.5 Å². The minimum Gasteiger partial charge on any atom is -0.448 e. The minimum absolute atomic E-state index is 0.268. The van der Waals surface area contributed by atoms with Gasteiger partial charge in [0.05, 0.1) is 17.6 Å². The molecule has 0 saturated heterocycles. The topological polar surface area (TPSA) is 55.9 Å². The van der Waals surface area contributed by atoms with E-state index in [1.165, 1.54) is 18.5 Å². The van der Waals surface area contributed by atoms with Crippen molar-refractivity contribution in [2.24, 2.45) is 7.05 Å². The quantitative estimate of drug-likeness (QED) is 0.799. The van der Waals surface area contributed by atoms with Crippen molar-refractivity contribution < 1.29 is 8.81 Å². The number of aromatic nitrogens is 3. The molecule has 0 radical (unpaired) electrons. The van der Waals surface area contributed by atoms with E-state index < -0.39 is 0 Å². The highest BCUT2D eigenvalue weighted by Gasteiger charge is 2.13. The lowest BCUT2D eigenvalue weighted by Crippen LogP contribution is -2.07. The molecule has 0 atom stereocenters. The Hall–Kier alpha value is -2.37. The molecule has 0 unspecified atom stereocenters. The second-order valence-electron chi connectivity index (χ2n) is 5.30. The fraction of sp³-hybridized carbons (Fsp3) is 0.333. The molecule has 21 heavy (non-hydrogen) atoms. The summed E-state index contributed by atoms with van der Waals surface area (Å²) in [6.07, 6.45) is 1.46. The van der Waals surface area contributed by atoms with Crippen molar-refractivity contribution in [2.45, 2.75) is 26.3 Å². The molecule has 1 aromatic carbocycles. The maximum Gasteiger partial charge on any atom is 0.203 e. The Morgan fingerprint density at radius 2 is 2.19 bits per heavy atom. The van der Waals surface area contributed by atoms with Gasteiger partial charge in [0.15, 0.2) is 6.39 Å². The molecule has 0 saturated carbocycles. The summed E-state index contributed by atoms with van der Waals surface area (Å²) in [6, 6.07) is 4.56. The monoisotopic (exact) mass is 288 g/mol. The normalized spacial score (nSPS) is 11.5. The zero-order chi connectivity index (χ0) is 15.0. The molecule has 0 amide bonds. The molecule has 0 spiro atoms. The largest absolute Gasteiger partial charge is 0.448 e. The number of oxazole rings is 1. The lowest BCUT2D eigenvalue weighted by molar-refractivity contribution is 0.479. The summed E-state index contributed by atoms with van der Waals surface area (Å²) in [5, 5.41) is 3.23. The smallest absolute Gasteiger partial charge is 0.203 e. The molecule has 0 aliphatic carbocycles. The van der Waals surface area contributed by atoms with E-state index in [1.807, 2.05) is 11.6 Å². The van der Waals surface area contributed by atoms with E-state index in [0.29, 0.717) is 12.5 Å². The van der Waals surface area contributed by atoms with Crippen molar-refractivity contribution in [1.29, 1.82) is 0 Å². The van der Waals surface area contributed by atoms with Gasteiger partial charge in [0.2, 0.25) is 5.95 Å². The van der Waals surface area contributed by atoms with E-state index in [4.69, 9.17) is 4.42 Å². The number of anilines is 1. The molecule has 3 aromatic rings. The molecule has 1 N–H and O–H groups in total. The third-order valence-corrected chi connectivity index (χ3v) is 3.45. The average molecular weight is 288 g/mol. The van der Waals surface area contributed by atoms with Gasteiger partial charge < -0.3 is 14.3 Å². The summed E-state index contributed by atoms with van der Waals surface area (Å²) in [4.78, 5) is 8.68. The van der Waals surface area contributed by atoms with Gasteiger partial charge in [-0.25, -0.2) is 14.4 Å². The van der Waals surface area contributed by atoms with Crippen molar-refractivity contribution in [2.75, 3.05) is 5.32 Å². The Bertz CT molecular complexity index is 775. The van der Waals surface area contributed by atoms with Crippen LogP contribution in [0.5, 0.6) is 0 Å². The van der Waals surface area contributed by atoms with Crippen LogP contribution in [0.1, 0.15) is 31.2 Å². The number of aryl methyl sites for hydroxylation is 1. The lowest BCUT2D eigenvalue weighted by atomic mass is 10.1. The van der Waals surface area contributed by atoms with E-state index in [9.17, 15) is 4.39 Å². The van der Waals surface area contributed by atoms with Crippen LogP contribution in [0.4, 0.5) is 10.3 Å². The highest BCUT2D eigenvalue weighted by atomic mass is 19.1. The Kier molecular flexibility index (Phi) is 3.37. The first kappa shape index (κ1) is 13.6. The van der Waals surface area contributed by atoms with Crippen LogP contribution < -0.4 is 5.32 Å². The van der Waals surface area contributed by atoms with Crippen LogP contribution >= 0.6 is 0 Å². The zero-order valence-corrected chi connectivity index (χ0v) is 12.2. The SMILES string of the molecule is CC(C)c1ocnc1CNc1nc2ccc(F)cc2n1C. The van der Waals surface area contributed by atoms with Crippen LogP contribution in [0, 0.1) is 5.82 Å². The Balaban J connectivity index is 1.85. The number of hydrogen-bond donors (Lipinski definition) is 1. The molecule has 0 fully saturated rings. The number of hydrogen-bond acceptors (Lipinski definition) is 4. The first-order chi connectivity index (χ1) is 10.1. The number of fused-ring (bicyclic) bond motifs is 1. The third kappa shape index (κ3) is 2.49. The fourth-order valence-electron chi connectivity index (χ4n) is 2.36. The number of nitrogens with zero attached hydrogens (tertiary/aromatic N) is 3. The third-order valence-electron chi connectivity index (χ3n) is 3.45. The van der Waals surface area contributed by atoms with E-state index in [-0.39, 0.29) is 11.7 Å². The van der Waals surface area contributed by atoms with Gasteiger partial charge in [0.1, 0.15) is 17.3 Å². The van der Waals surface area contributed by atoms with E-state index in [1.54, 1.807) is 6.07 Å². The predicted octanol–water partition coefficient (Wildman–Crippen LogP) is 3.44. The summed E-state index contributed by atoms with van der Waals surface area (Å²) in [5.41, 5.74) is 2.37. The van der Waals surface area contributed by atoms with Crippen LogP contribution in [0.15, 0.2) is 29.0 Å². The van der Waals surface area contributed by atoms with Crippen LogP contribution in [0.2, 0.25) is 0 Å². The van der Waals surface area contributed by atoms with Crippen molar-refractivity contribution in [3.63, 3.8) is 0 Å². The first-order valence-corrected chi connectivity index (χ1v) is 6.84. The molecule has 110 valence electrons. The van der Waals surface area contributed by atoms with E-state index in [0.717, 1.165) is 22.5 Å². The second kappa shape index (κ2) is 5.20. The molecule has 2 heterocycles. The van der Waals surface area contributed by atoms with Gasteiger partial charge in [-0.15, -0.1) is 0 Å². The predicted molar refractivity (Wildman–Crippen MR) is 78.6 cm³/mol. The van der Waals surface area contributed by atoms with Gasteiger partial charge in [-0.2, -0.15) is 0 Å². The molecule has 0 aliphatic rings. The summed E-state index contributed by atoms with van der Waals surface area (Å²) in [6.45, 7) is 4.63. The minimum atomic E-state index is -0.268. The maximum absolute atomic E-state index is 13.3. The highest BCUT2D eigenvalue weighted by molar-refractivity contribution is 5.78. The molecule has 0 bridgehead atoms. The summed E-state index contributed by atoms with van der Waals surface area (Å²) in [5.74, 6) is 1.55. The van der Waals surface area contributed by atoms with E-state index >= 15 is 0 Å². The Labute approximate surface area is 121 Å². The number of imidazole rings is 1. The first-order valence-electron chi connectivity index (χ1n) is 6.84. The molecule has 6 heteroatoms. The molecule has 3 rings (SSSR count). The van der Waals surface area contributed by atoms with E-state index in [2.05, 4.69) is 29.1 Å².